The predicted octanol–water partition coefficient (Wildman–Crippen LogP) is 2.26. The second-order valence-corrected chi connectivity index (χ2v) is 7.03. The number of rotatable bonds is 4. The van der Waals surface area contributed by atoms with Crippen LogP contribution < -0.4 is 0 Å². The van der Waals surface area contributed by atoms with Gasteiger partial charge in [0.2, 0.25) is 5.91 Å². The molecular formula is C20H24N6O. The van der Waals surface area contributed by atoms with E-state index >= 15 is 0 Å². The minimum absolute atomic E-state index is 0.127. The number of pyridine rings is 1. The first kappa shape index (κ1) is 17.5. The number of nitrogens with one attached hydrogen (secondary N) is 1. The Hall–Kier alpha value is -2.96. The van der Waals surface area contributed by atoms with Gasteiger partial charge >= 0.3 is 0 Å². The van der Waals surface area contributed by atoms with Gasteiger partial charge < -0.3 is 9.88 Å². The number of nitrogens with zero attached hydrogens (tertiary/aromatic N) is 5. The van der Waals surface area contributed by atoms with Gasteiger partial charge in [-0.05, 0) is 38.0 Å². The second kappa shape index (κ2) is 6.98. The third-order valence-electron chi connectivity index (χ3n) is 5.46. The van der Waals surface area contributed by atoms with Crippen LogP contribution in [0.4, 0.5) is 0 Å². The van der Waals surface area contributed by atoms with Crippen LogP contribution >= 0.6 is 0 Å². The minimum atomic E-state index is -0.232. The Balaban J connectivity index is 1.59. The smallest absolute Gasteiger partial charge is 0.223 e. The molecule has 0 saturated carbocycles. The van der Waals surface area contributed by atoms with E-state index in [0.29, 0.717) is 19.4 Å². The van der Waals surface area contributed by atoms with Gasteiger partial charge in [-0.1, -0.05) is 6.07 Å². The highest BCUT2D eigenvalue weighted by Gasteiger charge is 2.34. The predicted molar refractivity (Wildman–Crippen MR) is 101 cm³/mol. The summed E-state index contributed by atoms with van der Waals surface area (Å²) in [5, 5.41) is 4.45. The summed E-state index contributed by atoms with van der Waals surface area (Å²) >= 11 is 0. The zero-order valence-corrected chi connectivity index (χ0v) is 15.9. The molecule has 3 aromatic heterocycles. The zero-order valence-electron chi connectivity index (χ0n) is 15.9. The summed E-state index contributed by atoms with van der Waals surface area (Å²) in [6.07, 6.45) is 5.41. The van der Waals surface area contributed by atoms with E-state index in [1.54, 1.807) is 12.5 Å². The fourth-order valence-electron chi connectivity index (χ4n) is 3.94. The van der Waals surface area contributed by atoms with Crippen LogP contribution in [0, 0.1) is 13.8 Å². The number of imidazole rings is 1. The zero-order chi connectivity index (χ0) is 19.0. The lowest BCUT2D eigenvalue weighted by Crippen LogP contribution is -2.41. The van der Waals surface area contributed by atoms with Crippen molar-refractivity contribution in [3.05, 3.63) is 64.8 Å². The highest BCUT2D eigenvalue weighted by atomic mass is 16.2. The molecule has 3 aromatic rings. The van der Waals surface area contributed by atoms with Gasteiger partial charge in [0, 0.05) is 44.0 Å². The number of carbonyl (C=O) groups excluding carboxylic acids is 1. The molecule has 140 valence electrons. The average Bonchev–Trinajstić information content (AvgIpc) is 3.24. The van der Waals surface area contributed by atoms with Gasteiger partial charge in [0.25, 0.3) is 0 Å². The Morgan fingerprint density at radius 1 is 1.30 bits per heavy atom. The normalized spacial score (nSPS) is 16.4. The van der Waals surface area contributed by atoms with Gasteiger partial charge in [0.15, 0.2) is 0 Å². The Morgan fingerprint density at radius 3 is 2.85 bits per heavy atom. The molecule has 0 radical (unpaired) electrons. The maximum Gasteiger partial charge on any atom is 0.223 e. The molecule has 1 amide bonds. The first-order valence-corrected chi connectivity index (χ1v) is 9.28. The number of aryl methyl sites for hydroxylation is 2. The quantitative estimate of drug-likeness (QED) is 0.770. The van der Waals surface area contributed by atoms with Crippen LogP contribution in [0.25, 0.3) is 0 Å². The Labute approximate surface area is 158 Å². The lowest BCUT2D eigenvalue weighted by Gasteiger charge is -2.34. The molecule has 1 atom stereocenters. The molecule has 4 heterocycles. The summed E-state index contributed by atoms with van der Waals surface area (Å²) in [6, 6.07) is 5.57. The Bertz CT molecular complexity index is 958. The van der Waals surface area contributed by atoms with E-state index in [9.17, 15) is 4.79 Å². The van der Waals surface area contributed by atoms with Crippen molar-refractivity contribution < 1.29 is 4.79 Å². The molecule has 0 aromatic carbocycles. The summed E-state index contributed by atoms with van der Waals surface area (Å²) in [6.45, 7) is 4.72. The van der Waals surface area contributed by atoms with E-state index < -0.39 is 0 Å². The summed E-state index contributed by atoms with van der Waals surface area (Å²) < 4.78 is 1.88. The van der Waals surface area contributed by atoms with Gasteiger partial charge in [0.1, 0.15) is 6.04 Å². The van der Waals surface area contributed by atoms with E-state index in [-0.39, 0.29) is 11.9 Å². The number of hydrogen-bond donors (Lipinski definition) is 1. The first-order chi connectivity index (χ1) is 13.1. The summed E-state index contributed by atoms with van der Waals surface area (Å²) in [5.74, 6) is 0.127. The third kappa shape index (κ3) is 3.13. The number of aromatic nitrogens is 5. The molecule has 1 N–H and O–H groups in total. The van der Waals surface area contributed by atoms with Crippen LogP contribution in [0.2, 0.25) is 0 Å². The number of carbonyl (C=O) groups is 1. The lowest BCUT2D eigenvalue weighted by atomic mass is 9.98. The molecule has 1 aliphatic heterocycles. The van der Waals surface area contributed by atoms with Gasteiger partial charge in [0.05, 0.1) is 23.4 Å². The van der Waals surface area contributed by atoms with Crippen LogP contribution in [0.5, 0.6) is 0 Å². The highest BCUT2D eigenvalue weighted by Crippen LogP contribution is 2.32. The van der Waals surface area contributed by atoms with E-state index in [2.05, 4.69) is 20.1 Å². The van der Waals surface area contributed by atoms with Crippen LogP contribution in [-0.4, -0.2) is 42.1 Å². The fourth-order valence-corrected chi connectivity index (χ4v) is 3.94. The summed E-state index contributed by atoms with van der Waals surface area (Å²) in [7, 11) is 1.94. The van der Waals surface area contributed by atoms with Gasteiger partial charge in [-0.2, -0.15) is 5.10 Å². The molecule has 1 aliphatic rings. The van der Waals surface area contributed by atoms with Crippen LogP contribution in [0.1, 0.15) is 46.5 Å². The third-order valence-corrected chi connectivity index (χ3v) is 5.46. The molecule has 4 rings (SSSR count). The SMILES string of the molecule is Cc1nn(C)c(C)c1CCC(=O)N1CCc2[nH]cnc2[C@@H]1c1ccccn1. The first-order valence-electron chi connectivity index (χ1n) is 9.28. The highest BCUT2D eigenvalue weighted by molar-refractivity contribution is 5.78. The van der Waals surface area contributed by atoms with Gasteiger partial charge in [-0.15, -0.1) is 0 Å². The van der Waals surface area contributed by atoms with Crippen molar-refractivity contribution in [2.75, 3.05) is 6.54 Å². The van der Waals surface area contributed by atoms with Crippen molar-refractivity contribution in [1.82, 2.24) is 29.6 Å². The van der Waals surface area contributed by atoms with Crippen molar-refractivity contribution in [3.63, 3.8) is 0 Å². The molecule has 0 bridgehead atoms. The Morgan fingerprint density at radius 2 is 2.15 bits per heavy atom. The summed E-state index contributed by atoms with van der Waals surface area (Å²) in [4.78, 5) is 27.3. The van der Waals surface area contributed by atoms with Crippen molar-refractivity contribution in [2.45, 2.75) is 39.2 Å². The number of aromatic amines is 1. The van der Waals surface area contributed by atoms with E-state index in [4.69, 9.17) is 0 Å². The number of amides is 1. The van der Waals surface area contributed by atoms with Crippen LogP contribution in [-0.2, 0) is 24.7 Å². The standard InChI is InChI=1S/C20H24N6O/c1-13-15(14(2)25(3)24-13)7-8-18(27)26-11-9-16-19(23-12-22-16)20(26)17-6-4-5-10-21-17/h4-6,10,12,20H,7-9,11H2,1-3H3,(H,22,23)/t20-/m0/s1. The summed E-state index contributed by atoms with van der Waals surface area (Å²) in [5.41, 5.74) is 6.13. The van der Waals surface area contributed by atoms with Crippen LogP contribution in [0.3, 0.4) is 0 Å². The monoisotopic (exact) mass is 364 g/mol. The number of hydrogen-bond acceptors (Lipinski definition) is 4. The molecule has 0 spiro atoms. The topological polar surface area (TPSA) is 79.7 Å². The minimum Gasteiger partial charge on any atom is -0.348 e. The molecule has 0 saturated heterocycles. The maximum absolute atomic E-state index is 13.1. The molecular weight excluding hydrogens is 340 g/mol. The van der Waals surface area contributed by atoms with Crippen molar-refractivity contribution in [2.24, 2.45) is 7.05 Å². The molecule has 0 unspecified atom stereocenters. The van der Waals surface area contributed by atoms with Crippen molar-refractivity contribution in [3.8, 4) is 0 Å². The second-order valence-electron chi connectivity index (χ2n) is 7.03. The van der Waals surface area contributed by atoms with E-state index in [1.165, 1.54) is 0 Å². The largest absolute Gasteiger partial charge is 0.348 e. The molecule has 0 aliphatic carbocycles. The van der Waals surface area contributed by atoms with Gasteiger partial charge in [-0.25, -0.2) is 4.98 Å². The Kier molecular flexibility index (Phi) is 4.51. The van der Waals surface area contributed by atoms with Crippen LogP contribution in [0.15, 0.2) is 30.7 Å². The lowest BCUT2D eigenvalue weighted by molar-refractivity contribution is -0.133. The van der Waals surface area contributed by atoms with Crippen molar-refractivity contribution >= 4 is 5.91 Å². The van der Waals surface area contributed by atoms with Gasteiger partial charge in [-0.3, -0.25) is 14.5 Å². The number of H-pyrrole nitrogens is 1. The maximum atomic E-state index is 13.1. The van der Waals surface area contributed by atoms with E-state index in [0.717, 1.165) is 40.5 Å². The molecule has 27 heavy (non-hydrogen) atoms. The molecule has 0 fully saturated rings. The fraction of sp³-hybridized carbons (Fsp3) is 0.400. The van der Waals surface area contributed by atoms with E-state index in [1.807, 2.05) is 48.7 Å². The van der Waals surface area contributed by atoms with Crippen molar-refractivity contribution in [1.29, 1.82) is 0 Å². The molecule has 7 nitrogen and oxygen atoms in total. The average molecular weight is 364 g/mol. The molecule has 7 heteroatoms. The number of fused-ring (bicyclic) bond motifs is 1.